The van der Waals surface area contributed by atoms with Crippen molar-refractivity contribution >= 4 is 11.7 Å². The van der Waals surface area contributed by atoms with Crippen LogP contribution in [-0.2, 0) is 22.5 Å². The van der Waals surface area contributed by atoms with Gasteiger partial charge < -0.3 is 15.4 Å². The number of nitrogens with one attached hydrogen (secondary N) is 2. The smallest absolute Gasteiger partial charge is 0.226 e. The summed E-state index contributed by atoms with van der Waals surface area (Å²) in [5, 5.41) is 6.57. The molecule has 1 aromatic heterocycles. The third-order valence-electron chi connectivity index (χ3n) is 5.65. The lowest BCUT2D eigenvalue weighted by Gasteiger charge is -2.17. The molecular formula is C23H28N4O2. The first-order valence-corrected chi connectivity index (χ1v) is 10.3. The van der Waals surface area contributed by atoms with E-state index in [0.29, 0.717) is 6.54 Å². The van der Waals surface area contributed by atoms with Crippen LogP contribution in [0.25, 0.3) is 0 Å². The summed E-state index contributed by atoms with van der Waals surface area (Å²) in [5.74, 6) is 0.854. The summed E-state index contributed by atoms with van der Waals surface area (Å²) in [6, 6.07) is 12.2. The maximum absolute atomic E-state index is 12.5. The van der Waals surface area contributed by atoms with Crippen molar-refractivity contribution in [1.29, 1.82) is 0 Å². The van der Waals surface area contributed by atoms with Gasteiger partial charge in [-0.3, -0.25) is 14.8 Å². The van der Waals surface area contributed by atoms with Gasteiger partial charge in [0.1, 0.15) is 5.84 Å². The number of rotatable bonds is 5. The highest BCUT2D eigenvalue weighted by Crippen LogP contribution is 2.23. The highest BCUT2D eigenvalue weighted by molar-refractivity contribution is 6.02. The van der Waals surface area contributed by atoms with Crippen LogP contribution < -0.4 is 10.6 Å². The monoisotopic (exact) mass is 392 g/mol. The van der Waals surface area contributed by atoms with Crippen LogP contribution in [-0.4, -0.2) is 35.0 Å². The molecule has 152 valence electrons. The van der Waals surface area contributed by atoms with Gasteiger partial charge in [-0.05, 0) is 44.4 Å². The number of hydrogen-bond acceptors (Lipinski definition) is 5. The van der Waals surface area contributed by atoms with Crippen molar-refractivity contribution in [1.82, 2.24) is 15.6 Å². The lowest BCUT2D eigenvalue weighted by molar-refractivity contribution is -0.121. The molecule has 2 aliphatic heterocycles. The normalized spacial score (nSPS) is 24.0. The highest BCUT2D eigenvalue weighted by Gasteiger charge is 2.31. The molecule has 0 spiro atoms. The van der Waals surface area contributed by atoms with Crippen LogP contribution in [0.1, 0.15) is 55.6 Å². The van der Waals surface area contributed by atoms with E-state index < -0.39 is 0 Å². The Morgan fingerprint density at radius 2 is 2.07 bits per heavy atom. The molecule has 4 rings (SSSR count). The molecule has 0 radical (unpaired) electrons. The van der Waals surface area contributed by atoms with Gasteiger partial charge in [0.05, 0.1) is 43.0 Å². The summed E-state index contributed by atoms with van der Waals surface area (Å²) in [5.41, 5.74) is 4.00. The molecule has 6 nitrogen and oxygen atoms in total. The highest BCUT2D eigenvalue weighted by atomic mass is 16.5. The topological polar surface area (TPSA) is 75.6 Å². The van der Waals surface area contributed by atoms with Crippen molar-refractivity contribution in [2.24, 2.45) is 4.99 Å². The zero-order valence-electron chi connectivity index (χ0n) is 17.2. The quantitative estimate of drug-likeness (QED) is 0.820. The van der Waals surface area contributed by atoms with Gasteiger partial charge in [0, 0.05) is 11.8 Å². The van der Waals surface area contributed by atoms with E-state index >= 15 is 0 Å². The van der Waals surface area contributed by atoms with E-state index in [9.17, 15) is 4.79 Å². The fourth-order valence-corrected chi connectivity index (χ4v) is 4.06. The number of carbonyl (C=O) groups excluding carboxylic acids is 1. The second kappa shape index (κ2) is 8.33. The first-order chi connectivity index (χ1) is 14.0. The molecule has 3 unspecified atom stereocenters. The molecule has 0 aliphatic carbocycles. The number of fused-ring (bicyclic) bond motifs is 1. The summed E-state index contributed by atoms with van der Waals surface area (Å²) in [7, 11) is 0. The number of nitrogens with zero attached hydrogens (tertiary/aromatic N) is 2. The molecule has 2 aliphatic rings. The molecule has 0 bridgehead atoms. The number of carbonyl (C=O) groups is 1. The number of benzene rings is 1. The standard InChI is InChI=1S/C23H28N4O2/c1-14-9-21(16(3)29-14)27-23-20-13-24-19(10-18(20)12-25-23)11-22(28)26-15(2)17-7-5-4-6-8-17/h4-8,10,13-16,21H,9,11-12H2,1-3H3,(H,25,27)(H,26,28)/t14?,15-,16?,21?/m1/s1. The Hall–Kier alpha value is -2.73. The Labute approximate surface area is 171 Å². The Morgan fingerprint density at radius 3 is 2.79 bits per heavy atom. The number of amides is 1. The zero-order valence-corrected chi connectivity index (χ0v) is 17.2. The largest absolute Gasteiger partial charge is 0.373 e. The molecule has 1 aromatic carbocycles. The number of aliphatic imine (C=N–C) groups is 1. The van der Waals surface area contributed by atoms with Gasteiger partial charge in [-0.15, -0.1) is 0 Å². The number of ether oxygens (including phenoxy) is 1. The van der Waals surface area contributed by atoms with Crippen molar-refractivity contribution in [3.63, 3.8) is 0 Å². The molecular weight excluding hydrogens is 364 g/mol. The van der Waals surface area contributed by atoms with Gasteiger partial charge in [0.2, 0.25) is 5.91 Å². The Bertz CT molecular complexity index is 912. The van der Waals surface area contributed by atoms with Gasteiger partial charge in [-0.2, -0.15) is 0 Å². The zero-order chi connectivity index (χ0) is 20.4. The van der Waals surface area contributed by atoms with Gasteiger partial charge in [0.25, 0.3) is 0 Å². The Morgan fingerprint density at radius 1 is 1.28 bits per heavy atom. The van der Waals surface area contributed by atoms with Crippen molar-refractivity contribution in [2.75, 3.05) is 0 Å². The molecule has 1 amide bonds. The molecule has 1 saturated heterocycles. The predicted octanol–water partition coefficient (Wildman–Crippen LogP) is 2.92. The molecule has 2 aromatic rings. The maximum atomic E-state index is 12.5. The van der Waals surface area contributed by atoms with E-state index in [0.717, 1.165) is 34.6 Å². The molecule has 3 heterocycles. The maximum Gasteiger partial charge on any atom is 0.226 e. The first-order valence-electron chi connectivity index (χ1n) is 10.3. The first kappa shape index (κ1) is 19.6. The van der Waals surface area contributed by atoms with E-state index in [1.165, 1.54) is 0 Å². The third kappa shape index (κ3) is 4.48. The Kier molecular flexibility index (Phi) is 5.62. The van der Waals surface area contributed by atoms with Crippen molar-refractivity contribution in [3.05, 3.63) is 65.0 Å². The van der Waals surface area contributed by atoms with Crippen LogP contribution in [0.4, 0.5) is 0 Å². The Balaban J connectivity index is 1.36. The minimum absolute atomic E-state index is 0.0306. The van der Waals surface area contributed by atoms with E-state index in [2.05, 4.69) is 34.5 Å². The van der Waals surface area contributed by atoms with Crippen molar-refractivity contribution in [3.8, 4) is 0 Å². The van der Waals surface area contributed by atoms with Crippen LogP contribution in [0.2, 0.25) is 0 Å². The molecule has 4 atom stereocenters. The van der Waals surface area contributed by atoms with Gasteiger partial charge in [-0.25, -0.2) is 0 Å². The summed E-state index contributed by atoms with van der Waals surface area (Å²) in [6.45, 7) is 6.80. The van der Waals surface area contributed by atoms with E-state index in [4.69, 9.17) is 4.74 Å². The van der Waals surface area contributed by atoms with Crippen LogP contribution in [0.3, 0.4) is 0 Å². The minimum Gasteiger partial charge on any atom is -0.373 e. The van der Waals surface area contributed by atoms with Crippen LogP contribution in [0.15, 0.2) is 47.6 Å². The van der Waals surface area contributed by atoms with Crippen molar-refractivity contribution in [2.45, 2.75) is 64.4 Å². The second-order valence-corrected chi connectivity index (χ2v) is 8.01. The summed E-state index contributed by atoms with van der Waals surface area (Å²) >= 11 is 0. The van der Waals surface area contributed by atoms with Gasteiger partial charge in [0.15, 0.2) is 0 Å². The molecule has 6 heteroatoms. The average molecular weight is 393 g/mol. The lowest BCUT2D eigenvalue weighted by Crippen LogP contribution is -2.39. The van der Waals surface area contributed by atoms with Gasteiger partial charge >= 0.3 is 0 Å². The fourth-order valence-electron chi connectivity index (χ4n) is 4.06. The third-order valence-corrected chi connectivity index (χ3v) is 5.65. The number of hydrogen-bond donors (Lipinski definition) is 2. The molecule has 2 N–H and O–H groups in total. The minimum atomic E-state index is -0.0322. The van der Waals surface area contributed by atoms with Gasteiger partial charge in [-0.1, -0.05) is 30.3 Å². The number of amidine groups is 1. The molecule has 0 saturated carbocycles. The van der Waals surface area contributed by atoms with Crippen molar-refractivity contribution < 1.29 is 9.53 Å². The molecule has 29 heavy (non-hydrogen) atoms. The number of pyridine rings is 1. The van der Waals surface area contributed by atoms with E-state index in [1.54, 1.807) is 0 Å². The van der Waals surface area contributed by atoms with E-state index in [-0.39, 0.29) is 36.6 Å². The fraction of sp³-hybridized carbons (Fsp3) is 0.435. The van der Waals surface area contributed by atoms with Crippen LogP contribution >= 0.6 is 0 Å². The van der Waals surface area contributed by atoms with Crippen LogP contribution in [0.5, 0.6) is 0 Å². The lowest BCUT2D eigenvalue weighted by atomic mass is 10.1. The average Bonchev–Trinajstić information content (AvgIpc) is 3.24. The predicted molar refractivity (Wildman–Crippen MR) is 113 cm³/mol. The summed E-state index contributed by atoms with van der Waals surface area (Å²) in [6.07, 6.45) is 3.50. The SMILES string of the molecule is CC1CC(NC2=NCc3cc(CC(=O)N[C@H](C)c4ccccc4)ncc32)C(C)O1. The summed E-state index contributed by atoms with van der Waals surface area (Å²) < 4.78 is 5.82. The number of aromatic nitrogens is 1. The summed E-state index contributed by atoms with van der Waals surface area (Å²) in [4.78, 5) is 21.6. The van der Waals surface area contributed by atoms with Crippen LogP contribution in [0, 0.1) is 0 Å². The van der Waals surface area contributed by atoms with E-state index in [1.807, 2.05) is 49.5 Å². The molecule has 1 fully saturated rings. The second-order valence-electron chi connectivity index (χ2n) is 8.01.